The number of carbonyl (C=O) groups is 1. The molecule has 2 saturated heterocycles. The van der Waals surface area contributed by atoms with Crippen LogP contribution in [0.25, 0.3) is 0 Å². The van der Waals surface area contributed by atoms with Crippen molar-refractivity contribution in [2.45, 2.75) is 32.2 Å². The van der Waals surface area contributed by atoms with E-state index in [4.69, 9.17) is 4.74 Å². The molecule has 5 nitrogen and oxygen atoms in total. The van der Waals surface area contributed by atoms with Gasteiger partial charge < -0.3 is 14.5 Å². The third kappa shape index (κ3) is 5.45. The van der Waals surface area contributed by atoms with Gasteiger partial charge in [-0.15, -0.1) is 0 Å². The molecule has 2 heterocycles. The molecule has 1 atom stereocenters. The SMILES string of the molecule is CN(Cc1ccccc1OCCN1CCCCC1)C[C@@H]1CC(=O)N(C)C1. The summed E-state index contributed by atoms with van der Waals surface area (Å²) in [6, 6.07) is 8.35. The molecule has 0 bridgehead atoms. The minimum Gasteiger partial charge on any atom is -0.492 e. The lowest BCUT2D eigenvalue weighted by atomic mass is 10.1. The Morgan fingerprint density at radius 3 is 2.69 bits per heavy atom. The molecule has 1 aromatic rings. The van der Waals surface area contributed by atoms with Crippen LogP contribution in [0.2, 0.25) is 0 Å². The number of likely N-dealkylation sites (tertiary alicyclic amines) is 2. The third-order valence-electron chi connectivity index (χ3n) is 5.52. The van der Waals surface area contributed by atoms with E-state index >= 15 is 0 Å². The topological polar surface area (TPSA) is 36.0 Å². The van der Waals surface area contributed by atoms with Gasteiger partial charge in [0.1, 0.15) is 12.4 Å². The largest absolute Gasteiger partial charge is 0.492 e. The van der Waals surface area contributed by atoms with Crippen LogP contribution in [-0.4, -0.2) is 74.0 Å². The van der Waals surface area contributed by atoms with Crippen LogP contribution >= 0.6 is 0 Å². The van der Waals surface area contributed by atoms with Gasteiger partial charge in [-0.05, 0) is 45.0 Å². The number of hydrogen-bond acceptors (Lipinski definition) is 4. The Morgan fingerprint density at radius 2 is 1.96 bits per heavy atom. The van der Waals surface area contributed by atoms with E-state index in [0.29, 0.717) is 12.3 Å². The Labute approximate surface area is 157 Å². The molecule has 0 aromatic heterocycles. The van der Waals surface area contributed by atoms with Crippen molar-refractivity contribution in [1.29, 1.82) is 0 Å². The lowest BCUT2D eigenvalue weighted by Gasteiger charge is -2.26. The number of nitrogens with zero attached hydrogens (tertiary/aromatic N) is 3. The highest BCUT2D eigenvalue weighted by Gasteiger charge is 2.27. The maximum Gasteiger partial charge on any atom is 0.222 e. The monoisotopic (exact) mass is 359 g/mol. The van der Waals surface area contributed by atoms with E-state index in [1.807, 2.05) is 18.0 Å². The maximum absolute atomic E-state index is 11.7. The van der Waals surface area contributed by atoms with Gasteiger partial charge in [-0.3, -0.25) is 9.69 Å². The summed E-state index contributed by atoms with van der Waals surface area (Å²) < 4.78 is 6.11. The van der Waals surface area contributed by atoms with E-state index in [9.17, 15) is 4.79 Å². The molecule has 26 heavy (non-hydrogen) atoms. The van der Waals surface area contributed by atoms with Crippen molar-refractivity contribution >= 4 is 5.91 Å². The van der Waals surface area contributed by atoms with Gasteiger partial charge in [0.25, 0.3) is 0 Å². The number of carbonyl (C=O) groups excluding carboxylic acids is 1. The van der Waals surface area contributed by atoms with Gasteiger partial charge in [0.05, 0.1) is 0 Å². The Balaban J connectivity index is 1.47. The van der Waals surface area contributed by atoms with Crippen LogP contribution in [0.15, 0.2) is 24.3 Å². The highest BCUT2D eigenvalue weighted by atomic mass is 16.5. The number of hydrogen-bond donors (Lipinski definition) is 0. The van der Waals surface area contributed by atoms with Crippen LogP contribution in [0, 0.1) is 5.92 Å². The predicted octanol–water partition coefficient (Wildman–Crippen LogP) is 2.46. The highest BCUT2D eigenvalue weighted by Crippen LogP contribution is 2.22. The van der Waals surface area contributed by atoms with Gasteiger partial charge in [0.15, 0.2) is 0 Å². The van der Waals surface area contributed by atoms with E-state index in [1.54, 1.807) is 0 Å². The molecule has 144 valence electrons. The van der Waals surface area contributed by atoms with Crippen LogP contribution in [-0.2, 0) is 11.3 Å². The van der Waals surface area contributed by atoms with E-state index in [2.05, 4.69) is 35.0 Å². The van der Waals surface area contributed by atoms with E-state index in [-0.39, 0.29) is 5.91 Å². The summed E-state index contributed by atoms with van der Waals surface area (Å²) in [7, 11) is 4.03. The van der Waals surface area contributed by atoms with Crippen molar-refractivity contribution in [3.63, 3.8) is 0 Å². The van der Waals surface area contributed by atoms with Gasteiger partial charge in [-0.25, -0.2) is 0 Å². The number of ether oxygens (including phenoxy) is 1. The predicted molar refractivity (Wildman–Crippen MR) is 104 cm³/mol. The standard InChI is InChI=1S/C21H33N3O2/c1-22(15-18-14-21(25)23(2)16-18)17-19-8-4-5-9-20(19)26-13-12-24-10-6-3-7-11-24/h4-5,8-9,18H,3,6-7,10-17H2,1-2H3/t18-/m0/s1. The summed E-state index contributed by atoms with van der Waals surface area (Å²) in [4.78, 5) is 18.4. The van der Waals surface area contributed by atoms with Crippen molar-refractivity contribution < 1.29 is 9.53 Å². The molecule has 2 fully saturated rings. The van der Waals surface area contributed by atoms with Crippen LogP contribution in [0.3, 0.4) is 0 Å². The number of amides is 1. The first-order valence-corrected chi connectivity index (χ1v) is 9.97. The van der Waals surface area contributed by atoms with Crippen molar-refractivity contribution in [3.8, 4) is 5.75 Å². The van der Waals surface area contributed by atoms with Crippen molar-refractivity contribution in [2.75, 3.05) is 53.4 Å². The van der Waals surface area contributed by atoms with Gasteiger partial charge in [0, 0.05) is 45.2 Å². The molecule has 0 radical (unpaired) electrons. The van der Waals surface area contributed by atoms with Gasteiger partial charge in [-0.2, -0.15) is 0 Å². The molecular weight excluding hydrogens is 326 g/mol. The Hall–Kier alpha value is -1.59. The molecule has 0 N–H and O–H groups in total. The molecule has 5 heteroatoms. The average Bonchev–Trinajstić information content (AvgIpc) is 2.94. The fraction of sp³-hybridized carbons (Fsp3) is 0.667. The highest BCUT2D eigenvalue weighted by molar-refractivity contribution is 5.78. The van der Waals surface area contributed by atoms with Crippen LogP contribution in [0.4, 0.5) is 0 Å². The second kappa shape index (κ2) is 9.38. The number of benzene rings is 1. The average molecular weight is 360 g/mol. The molecule has 1 amide bonds. The van der Waals surface area contributed by atoms with E-state index in [1.165, 1.54) is 37.9 Å². The van der Waals surface area contributed by atoms with E-state index in [0.717, 1.165) is 38.5 Å². The summed E-state index contributed by atoms with van der Waals surface area (Å²) in [6.07, 6.45) is 4.68. The fourth-order valence-corrected chi connectivity index (χ4v) is 4.12. The second-order valence-corrected chi connectivity index (χ2v) is 7.90. The zero-order valence-corrected chi connectivity index (χ0v) is 16.3. The molecule has 0 saturated carbocycles. The minimum absolute atomic E-state index is 0.268. The maximum atomic E-state index is 11.7. The Morgan fingerprint density at radius 1 is 1.19 bits per heavy atom. The minimum atomic E-state index is 0.268. The fourth-order valence-electron chi connectivity index (χ4n) is 4.12. The van der Waals surface area contributed by atoms with Crippen LogP contribution < -0.4 is 4.74 Å². The smallest absolute Gasteiger partial charge is 0.222 e. The summed E-state index contributed by atoms with van der Waals surface area (Å²) in [5.74, 6) is 1.70. The normalized spacial score (nSPS) is 21.6. The van der Waals surface area contributed by atoms with E-state index < -0.39 is 0 Å². The molecule has 3 rings (SSSR count). The molecule has 1 aromatic carbocycles. The second-order valence-electron chi connectivity index (χ2n) is 7.90. The number of rotatable bonds is 8. The van der Waals surface area contributed by atoms with Crippen LogP contribution in [0.1, 0.15) is 31.2 Å². The molecule has 2 aliphatic rings. The van der Waals surface area contributed by atoms with Gasteiger partial charge in [0.2, 0.25) is 5.91 Å². The first kappa shape index (κ1) is 19.2. The quantitative estimate of drug-likeness (QED) is 0.714. The molecular formula is C21H33N3O2. The molecule has 0 aliphatic carbocycles. The van der Waals surface area contributed by atoms with Crippen molar-refractivity contribution in [3.05, 3.63) is 29.8 Å². The molecule has 2 aliphatic heterocycles. The zero-order valence-electron chi connectivity index (χ0n) is 16.3. The Kier molecular flexibility index (Phi) is 6.92. The lowest BCUT2D eigenvalue weighted by molar-refractivity contribution is -0.126. The first-order chi connectivity index (χ1) is 12.6. The lowest BCUT2D eigenvalue weighted by Crippen LogP contribution is -2.33. The van der Waals surface area contributed by atoms with Gasteiger partial charge >= 0.3 is 0 Å². The van der Waals surface area contributed by atoms with Crippen molar-refractivity contribution in [1.82, 2.24) is 14.7 Å². The summed E-state index contributed by atoms with van der Waals surface area (Å²) >= 11 is 0. The zero-order chi connectivity index (χ0) is 18.4. The van der Waals surface area contributed by atoms with Crippen molar-refractivity contribution in [2.24, 2.45) is 5.92 Å². The number of piperidine rings is 1. The third-order valence-corrected chi connectivity index (χ3v) is 5.52. The Bertz CT molecular complexity index is 586. The first-order valence-electron chi connectivity index (χ1n) is 9.97. The van der Waals surface area contributed by atoms with Crippen LogP contribution in [0.5, 0.6) is 5.75 Å². The summed E-state index contributed by atoms with van der Waals surface area (Å²) in [6.45, 7) is 6.86. The molecule has 0 spiro atoms. The number of para-hydroxylation sites is 1. The molecule has 0 unspecified atom stereocenters. The summed E-state index contributed by atoms with van der Waals surface area (Å²) in [5, 5.41) is 0. The summed E-state index contributed by atoms with van der Waals surface area (Å²) in [5.41, 5.74) is 1.23. The van der Waals surface area contributed by atoms with Gasteiger partial charge in [-0.1, -0.05) is 24.6 Å².